The van der Waals surface area contributed by atoms with Crippen molar-refractivity contribution in [3.63, 3.8) is 0 Å². The number of nitrogens with zero attached hydrogens (tertiary/aromatic N) is 4. The van der Waals surface area contributed by atoms with Crippen molar-refractivity contribution >= 4 is 5.91 Å². The fourth-order valence-corrected chi connectivity index (χ4v) is 3.79. The molecule has 1 aliphatic rings. The fraction of sp³-hybridized carbons (Fsp3) is 0.429. The van der Waals surface area contributed by atoms with Gasteiger partial charge < -0.3 is 9.42 Å². The van der Waals surface area contributed by atoms with Crippen LogP contribution in [-0.4, -0.2) is 44.2 Å². The van der Waals surface area contributed by atoms with E-state index in [9.17, 15) is 4.79 Å². The maximum absolute atomic E-state index is 12.6. The zero-order valence-corrected chi connectivity index (χ0v) is 16.1. The lowest BCUT2D eigenvalue weighted by Crippen LogP contribution is -2.39. The summed E-state index contributed by atoms with van der Waals surface area (Å²) in [6.07, 6.45) is 5.71. The van der Waals surface area contributed by atoms with Gasteiger partial charge in [-0.3, -0.25) is 9.89 Å². The summed E-state index contributed by atoms with van der Waals surface area (Å²) in [5.74, 6) is 1.74. The maximum Gasteiger partial charge on any atom is 0.226 e. The average Bonchev–Trinajstić information content (AvgIpc) is 3.41. The second-order valence-electron chi connectivity index (χ2n) is 7.37. The molecular formula is C21H25N5O2. The second-order valence-corrected chi connectivity index (χ2v) is 7.37. The van der Waals surface area contributed by atoms with E-state index in [-0.39, 0.29) is 5.91 Å². The number of carbonyl (C=O) groups is 1. The molecule has 0 radical (unpaired) electrons. The summed E-state index contributed by atoms with van der Waals surface area (Å²) >= 11 is 0. The van der Waals surface area contributed by atoms with Gasteiger partial charge in [-0.1, -0.05) is 29.4 Å². The van der Waals surface area contributed by atoms with Crippen LogP contribution in [0.2, 0.25) is 0 Å². The first-order chi connectivity index (χ1) is 13.7. The van der Waals surface area contributed by atoms with Crippen molar-refractivity contribution in [2.75, 3.05) is 13.1 Å². The predicted molar refractivity (Wildman–Crippen MR) is 105 cm³/mol. The summed E-state index contributed by atoms with van der Waals surface area (Å²) in [7, 11) is 0. The van der Waals surface area contributed by atoms with Gasteiger partial charge in [0.15, 0.2) is 0 Å². The number of hydrogen-bond donors (Lipinski definition) is 1. The normalized spacial score (nSPS) is 17.0. The Morgan fingerprint density at radius 3 is 3.04 bits per heavy atom. The van der Waals surface area contributed by atoms with Crippen LogP contribution in [0.5, 0.6) is 0 Å². The van der Waals surface area contributed by atoms with Gasteiger partial charge in [-0.15, -0.1) is 0 Å². The minimum Gasteiger partial charge on any atom is -0.342 e. The molecule has 1 amide bonds. The molecule has 4 rings (SSSR count). The largest absolute Gasteiger partial charge is 0.342 e. The van der Waals surface area contributed by atoms with Crippen LogP contribution < -0.4 is 0 Å². The van der Waals surface area contributed by atoms with Crippen LogP contribution in [0.1, 0.15) is 48.7 Å². The van der Waals surface area contributed by atoms with E-state index in [4.69, 9.17) is 4.52 Å². The third-order valence-corrected chi connectivity index (χ3v) is 5.37. The van der Waals surface area contributed by atoms with E-state index in [0.717, 1.165) is 42.8 Å². The van der Waals surface area contributed by atoms with Crippen molar-refractivity contribution in [1.29, 1.82) is 0 Å². The molecule has 146 valence electrons. The number of benzene rings is 1. The van der Waals surface area contributed by atoms with Gasteiger partial charge in [-0.05, 0) is 37.8 Å². The maximum atomic E-state index is 12.6. The molecule has 0 bridgehead atoms. The Hall–Kier alpha value is -2.96. The Morgan fingerprint density at radius 2 is 2.21 bits per heavy atom. The first-order valence-electron chi connectivity index (χ1n) is 9.86. The molecule has 2 aromatic heterocycles. The third kappa shape index (κ3) is 4.13. The molecule has 7 heteroatoms. The number of hydrogen-bond acceptors (Lipinski definition) is 5. The summed E-state index contributed by atoms with van der Waals surface area (Å²) < 4.78 is 5.37. The highest BCUT2D eigenvalue weighted by atomic mass is 16.5. The minimum absolute atomic E-state index is 0.197. The Morgan fingerprint density at radius 1 is 1.32 bits per heavy atom. The lowest BCUT2D eigenvalue weighted by atomic mass is 9.94. The quantitative estimate of drug-likeness (QED) is 0.708. The zero-order chi connectivity index (χ0) is 19.3. The molecule has 1 saturated heterocycles. The fourth-order valence-electron chi connectivity index (χ4n) is 3.79. The van der Waals surface area contributed by atoms with E-state index >= 15 is 0 Å². The Kier molecular flexibility index (Phi) is 5.50. The molecule has 1 N–H and O–H groups in total. The van der Waals surface area contributed by atoms with Crippen LogP contribution in [0.4, 0.5) is 0 Å². The Balaban J connectivity index is 1.28. The number of likely N-dealkylation sites (tertiary alicyclic amines) is 1. The molecule has 3 aromatic rings. The van der Waals surface area contributed by atoms with Crippen molar-refractivity contribution in [3.8, 4) is 11.4 Å². The Labute approximate surface area is 164 Å². The molecule has 7 nitrogen and oxygen atoms in total. The minimum atomic E-state index is 0.197. The molecule has 3 heterocycles. The number of H-pyrrole nitrogens is 1. The van der Waals surface area contributed by atoms with Gasteiger partial charge in [0.05, 0.1) is 0 Å². The van der Waals surface area contributed by atoms with Crippen molar-refractivity contribution in [3.05, 3.63) is 53.7 Å². The van der Waals surface area contributed by atoms with Crippen molar-refractivity contribution in [2.45, 2.75) is 44.9 Å². The monoisotopic (exact) mass is 379 g/mol. The van der Waals surface area contributed by atoms with Crippen molar-refractivity contribution in [2.24, 2.45) is 0 Å². The summed E-state index contributed by atoms with van der Waals surface area (Å²) in [6.45, 7) is 3.62. The second kappa shape index (κ2) is 8.37. The molecule has 0 aliphatic carbocycles. The van der Waals surface area contributed by atoms with Crippen LogP contribution in [-0.2, 0) is 11.2 Å². The van der Waals surface area contributed by atoms with Crippen molar-refractivity contribution < 1.29 is 9.32 Å². The number of rotatable bonds is 6. The number of aromatic amines is 1. The number of piperidine rings is 1. The van der Waals surface area contributed by atoms with Gasteiger partial charge in [-0.2, -0.15) is 10.1 Å². The summed E-state index contributed by atoms with van der Waals surface area (Å²) in [4.78, 5) is 19.1. The van der Waals surface area contributed by atoms with Crippen LogP contribution in [0.15, 0.2) is 41.1 Å². The van der Waals surface area contributed by atoms with E-state index < -0.39 is 0 Å². The third-order valence-electron chi connectivity index (χ3n) is 5.37. The first kappa shape index (κ1) is 18.4. The molecule has 1 atom stereocenters. The highest BCUT2D eigenvalue weighted by Crippen LogP contribution is 2.26. The van der Waals surface area contributed by atoms with Crippen LogP contribution in [0, 0.1) is 6.92 Å². The van der Waals surface area contributed by atoms with E-state index in [1.54, 1.807) is 6.20 Å². The smallest absolute Gasteiger partial charge is 0.226 e. The molecule has 1 fully saturated rings. The van der Waals surface area contributed by atoms with Gasteiger partial charge >= 0.3 is 0 Å². The molecule has 28 heavy (non-hydrogen) atoms. The van der Waals surface area contributed by atoms with Gasteiger partial charge in [0, 0.05) is 49.3 Å². The van der Waals surface area contributed by atoms with Gasteiger partial charge in [-0.25, -0.2) is 0 Å². The number of aromatic nitrogens is 4. The van der Waals surface area contributed by atoms with Crippen LogP contribution in [0.25, 0.3) is 11.4 Å². The van der Waals surface area contributed by atoms with Gasteiger partial charge in [0.1, 0.15) is 0 Å². The van der Waals surface area contributed by atoms with E-state index in [0.29, 0.717) is 36.9 Å². The summed E-state index contributed by atoms with van der Waals surface area (Å²) in [5, 5.41) is 11.1. The number of amides is 1. The SMILES string of the molecule is Cc1ccccc1-c1noc(CCCC(=O)N2CCC[C@H](c3ccn[nH]3)C2)n1. The van der Waals surface area contributed by atoms with Gasteiger partial charge in [0.25, 0.3) is 0 Å². The van der Waals surface area contributed by atoms with E-state index in [2.05, 4.69) is 20.3 Å². The highest BCUT2D eigenvalue weighted by molar-refractivity contribution is 5.76. The van der Waals surface area contributed by atoms with E-state index in [1.807, 2.05) is 42.2 Å². The molecule has 0 saturated carbocycles. The standard InChI is InChI=1S/C21H25N5O2/c1-15-6-2-3-8-17(15)21-23-19(28-25-21)9-4-10-20(27)26-13-5-7-16(14-26)18-11-12-22-24-18/h2-3,6,8,11-12,16H,4-5,7,9-10,13-14H2,1H3,(H,22,24)/t16-/m0/s1. The summed E-state index contributed by atoms with van der Waals surface area (Å²) in [5.41, 5.74) is 3.21. The van der Waals surface area contributed by atoms with Crippen molar-refractivity contribution in [1.82, 2.24) is 25.2 Å². The summed E-state index contributed by atoms with van der Waals surface area (Å²) in [6, 6.07) is 9.97. The van der Waals surface area contributed by atoms with E-state index in [1.165, 1.54) is 0 Å². The van der Waals surface area contributed by atoms with Gasteiger partial charge in [0.2, 0.25) is 17.6 Å². The predicted octanol–water partition coefficient (Wildman–Crippen LogP) is 3.50. The topological polar surface area (TPSA) is 87.9 Å². The molecule has 1 aromatic carbocycles. The lowest BCUT2D eigenvalue weighted by molar-refractivity contribution is -0.132. The molecule has 0 unspecified atom stereocenters. The number of aryl methyl sites for hydroxylation is 2. The van der Waals surface area contributed by atoms with Crippen LogP contribution >= 0.6 is 0 Å². The average molecular weight is 379 g/mol. The lowest BCUT2D eigenvalue weighted by Gasteiger charge is -2.32. The molecular weight excluding hydrogens is 354 g/mol. The number of nitrogens with one attached hydrogen (secondary N) is 1. The first-order valence-corrected chi connectivity index (χ1v) is 9.86. The Bertz CT molecular complexity index is 919. The van der Waals surface area contributed by atoms with Crippen LogP contribution in [0.3, 0.4) is 0 Å². The highest BCUT2D eigenvalue weighted by Gasteiger charge is 2.25. The molecule has 1 aliphatic heterocycles. The number of carbonyl (C=O) groups excluding carboxylic acids is 1. The molecule has 0 spiro atoms. The zero-order valence-electron chi connectivity index (χ0n) is 16.1.